The summed E-state index contributed by atoms with van der Waals surface area (Å²) in [6.07, 6.45) is 2.30. The zero-order chi connectivity index (χ0) is 16.9. The minimum absolute atomic E-state index is 0.912. The molecule has 24 heavy (non-hydrogen) atoms. The topological polar surface area (TPSA) is 20.2 Å². The van der Waals surface area contributed by atoms with Gasteiger partial charge in [0.05, 0.1) is 0 Å². The minimum Gasteiger partial charge on any atom is -0.343 e. The average Bonchev–Trinajstić information content (AvgIpc) is 2.90. The molecule has 0 bridgehead atoms. The summed E-state index contributed by atoms with van der Waals surface area (Å²) in [5.74, 6) is 0. The summed E-state index contributed by atoms with van der Waals surface area (Å²) < 4.78 is 2.37. The first-order valence-corrected chi connectivity index (χ1v) is 8.61. The molecule has 0 amide bonds. The molecule has 0 radical (unpaired) electrons. The Kier molecular flexibility index (Phi) is 5.34. The van der Waals surface area contributed by atoms with Crippen molar-refractivity contribution in [1.82, 2.24) is 14.8 Å². The van der Waals surface area contributed by atoms with Crippen LogP contribution in [0, 0.1) is 6.92 Å². The number of para-hydroxylation sites is 1. The van der Waals surface area contributed by atoms with E-state index in [-0.39, 0.29) is 0 Å². The minimum atomic E-state index is 0.912. The van der Waals surface area contributed by atoms with Crippen molar-refractivity contribution in [2.75, 3.05) is 27.2 Å². The van der Waals surface area contributed by atoms with Crippen molar-refractivity contribution >= 4 is 10.9 Å². The fraction of sp³-hybridized carbons (Fsp3) is 0.333. The van der Waals surface area contributed by atoms with Crippen LogP contribution < -0.4 is 5.32 Å². The van der Waals surface area contributed by atoms with Crippen LogP contribution in [0.5, 0.6) is 0 Å². The maximum Gasteiger partial charge on any atom is 0.0486 e. The summed E-state index contributed by atoms with van der Waals surface area (Å²) in [4.78, 5) is 2.20. The Balaban J connectivity index is 1.81. The predicted octanol–water partition coefficient (Wildman–Crippen LogP) is 3.65. The van der Waals surface area contributed by atoms with Crippen molar-refractivity contribution in [2.24, 2.45) is 0 Å². The van der Waals surface area contributed by atoms with Gasteiger partial charge in [-0.15, -0.1) is 0 Å². The summed E-state index contributed by atoms with van der Waals surface area (Å²) in [5, 5.41) is 4.91. The van der Waals surface area contributed by atoms with E-state index in [4.69, 9.17) is 0 Å². The number of benzene rings is 2. The molecule has 1 N–H and O–H groups in total. The molecular formula is C21H27N3. The third-order valence-corrected chi connectivity index (χ3v) is 4.36. The van der Waals surface area contributed by atoms with Crippen LogP contribution in [0.3, 0.4) is 0 Å². The number of rotatable bonds is 7. The molecule has 0 fully saturated rings. The lowest BCUT2D eigenvalue weighted by atomic mass is 10.1. The number of nitrogens with zero attached hydrogens (tertiary/aromatic N) is 2. The Morgan fingerprint density at radius 1 is 1.04 bits per heavy atom. The molecule has 0 saturated carbocycles. The molecule has 0 aliphatic heterocycles. The highest BCUT2D eigenvalue weighted by atomic mass is 15.1. The molecule has 3 rings (SSSR count). The molecule has 0 atom stereocenters. The van der Waals surface area contributed by atoms with Gasteiger partial charge in [-0.05, 0) is 38.2 Å². The number of nitrogens with one attached hydrogen (secondary N) is 1. The molecule has 126 valence electrons. The van der Waals surface area contributed by atoms with E-state index < -0.39 is 0 Å². The molecule has 3 nitrogen and oxygen atoms in total. The number of hydrogen-bond donors (Lipinski definition) is 1. The summed E-state index contributed by atoms with van der Waals surface area (Å²) >= 11 is 0. The average molecular weight is 321 g/mol. The zero-order valence-electron chi connectivity index (χ0n) is 14.9. The van der Waals surface area contributed by atoms with E-state index in [2.05, 4.69) is 90.5 Å². The van der Waals surface area contributed by atoms with Crippen molar-refractivity contribution in [3.8, 4) is 0 Å². The van der Waals surface area contributed by atoms with Crippen molar-refractivity contribution in [3.05, 3.63) is 71.4 Å². The van der Waals surface area contributed by atoms with Crippen molar-refractivity contribution in [1.29, 1.82) is 0 Å². The van der Waals surface area contributed by atoms with Gasteiger partial charge < -0.3 is 14.8 Å². The van der Waals surface area contributed by atoms with Gasteiger partial charge in [0, 0.05) is 43.3 Å². The van der Waals surface area contributed by atoms with Crippen LogP contribution in [0.4, 0.5) is 0 Å². The highest BCUT2D eigenvalue weighted by Crippen LogP contribution is 2.22. The Morgan fingerprint density at radius 3 is 2.67 bits per heavy atom. The molecule has 3 heteroatoms. The van der Waals surface area contributed by atoms with Crippen molar-refractivity contribution in [2.45, 2.75) is 20.0 Å². The lowest BCUT2D eigenvalue weighted by Crippen LogP contribution is -2.26. The Bertz CT molecular complexity index is 802. The van der Waals surface area contributed by atoms with E-state index in [9.17, 15) is 0 Å². The smallest absolute Gasteiger partial charge is 0.0486 e. The van der Waals surface area contributed by atoms with Gasteiger partial charge in [-0.3, -0.25) is 0 Å². The van der Waals surface area contributed by atoms with E-state index in [0.29, 0.717) is 0 Å². The van der Waals surface area contributed by atoms with Gasteiger partial charge in [0.15, 0.2) is 0 Å². The monoisotopic (exact) mass is 321 g/mol. The number of hydrogen-bond acceptors (Lipinski definition) is 2. The lowest BCUT2D eigenvalue weighted by Gasteiger charge is -2.09. The van der Waals surface area contributed by atoms with E-state index in [1.54, 1.807) is 0 Å². The second-order valence-electron chi connectivity index (χ2n) is 6.77. The molecule has 0 spiro atoms. The third kappa shape index (κ3) is 4.05. The molecule has 0 saturated heterocycles. The molecule has 0 aliphatic carbocycles. The van der Waals surface area contributed by atoms with Gasteiger partial charge in [-0.25, -0.2) is 0 Å². The van der Waals surface area contributed by atoms with E-state index in [1.807, 2.05) is 0 Å². The van der Waals surface area contributed by atoms with Gasteiger partial charge >= 0.3 is 0 Å². The second kappa shape index (κ2) is 7.65. The maximum absolute atomic E-state index is 3.56. The lowest BCUT2D eigenvalue weighted by molar-refractivity contribution is 0.400. The first kappa shape index (κ1) is 16.7. The molecule has 0 unspecified atom stereocenters. The van der Waals surface area contributed by atoms with Gasteiger partial charge in [0.1, 0.15) is 0 Å². The Hall–Kier alpha value is -2.10. The van der Waals surface area contributed by atoms with E-state index in [0.717, 1.165) is 26.2 Å². The Morgan fingerprint density at radius 2 is 1.88 bits per heavy atom. The normalized spacial score (nSPS) is 11.5. The van der Waals surface area contributed by atoms with E-state index in [1.165, 1.54) is 27.6 Å². The Labute approximate surface area is 144 Å². The van der Waals surface area contributed by atoms with Crippen LogP contribution in [0.15, 0.2) is 54.7 Å². The van der Waals surface area contributed by atoms with Crippen LogP contribution in [0.1, 0.15) is 16.7 Å². The van der Waals surface area contributed by atoms with Crippen molar-refractivity contribution < 1.29 is 0 Å². The largest absolute Gasteiger partial charge is 0.343 e. The SMILES string of the molecule is Cc1cccc(Cn2cc(CNCCN(C)C)c3ccccc32)c1. The van der Waals surface area contributed by atoms with Gasteiger partial charge in [0.2, 0.25) is 0 Å². The number of aromatic nitrogens is 1. The summed E-state index contributed by atoms with van der Waals surface area (Å²) in [5.41, 5.74) is 5.35. The fourth-order valence-corrected chi connectivity index (χ4v) is 3.13. The molecule has 1 heterocycles. The molecule has 2 aromatic carbocycles. The second-order valence-corrected chi connectivity index (χ2v) is 6.77. The van der Waals surface area contributed by atoms with Crippen molar-refractivity contribution in [3.63, 3.8) is 0 Å². The number of likely N-dealkylation sites (N-methyl/N-ethyl adjacent to an activating group) is 1. The highest BCUT2D eigenvalue weighted by molar-refractivity contribution is 5.84. The molecule has 3 aromatic rings. The standard InChI is InChI=1S/C21H27N3/c1-17-7-6-8-18(13-17)15-24-16-19(14-22-11-12-23(2)3)20-9-4-5-10-21(20)24/h4-10,13,16,22H,11-12,14-15H2,1-3H3. The predicted molar refractivity (Wildman–Crippen MR) is 102 cm³/mol. The van der Waals surface area contributed by atoms with Crippen LogP contribution in [0.2, 0.25) is 0 Å². The maximum atomic E-state index is 3.56. The summed E-state index contributed by atoms with van der Waals surface area (Å²) in [6, 6.07) is 17.5. The quantitative estimate of drug-likeness (QED) is 0.670. The number of aryl methyl sites for hydroxylation is 1. The van der Waals surface area contributed by atoms with Gasteiger partial charge in [0.25, 0.3) is 0 Å². The first-order valence-electron chi connectivity index (χ1n) is 8.61. The summed E-state index contributed by atoms with van der Waals surface area (Å²) in [6.45, 7) is 6.04. The highest BCUT2D eigenvalue weighted by Gasteiger charge is 2.08. The van der Waals surface area contributed by atoms with Crippen LogP contribution in [0.25, 0.3) is 10.9 Å². The summed E-state index contributed by atoms with van der Waals surface area (Å²) in [7, 11) is 4.21. The van der Waals surface area contributed by atoms with Gasteiger partial charge in [-0.1, -0.05) is 48.0 Å². The molecule has 1 aromatic heterocycles. The van der Waals surface area contributed by atoms with Gasteiger partial charge in [-0.2, -0.15) is 0 Å². The first-order chi connectivity index (χ1) is 11.6. The van der Waals surface area contributed by atoms with Crippen LogP contribution in [-0.4, -0.2) is 36.7 Å². The molecular weight excluding hydrogens is 294 g/mol. The van der Waals surface area contributed by atoms with Crippen LogP contribution in [-0.2, 0) is 13.1 Å². The zero-order valence-corrected chi connectivity index (χ0v) is 14.9. The third-order valence-electron chi connectivity index (χ3n) is 4.36. The number of fused-ring (bicyclic) bond motifs is 1. The van der Waals surface area contributed by atoms with E-state index >= 15 is 0 Å². The fourth-order valence-electron chi connectivity index (χ4n) is 3.13. The van der Waals surface area contributed by atoms with Crippen LogP contribution >= 0.6 is 0 Å². The molecule has 0 aliphatic rings.